The highest BCUT2D eigenvalue weighted by molar-refractivity contribution is 5.48. The van der Waals surface area contributed by atoms with E-state index in [1.54, 1.807) is 0 Å². The Morgan fingerprint density at radius 2 is 1.67 bits per heavy atom. The van der Waals surface area contributed by atoms with E-state index in [0.717, 1.165) is 24.3 Å². The molecule has 0 aliphatic rings. The van der Waals surface area contributed by atoms with Crippen molar-refractivity contribution in [2.24, 2.45) is 5.41 Å². The molecule has 2 heteroatoms. The molecule has 1 aromatic rings. The molecule has 0 spiro atoms. The first-order valence-electron chi connectivity index (χ1n) is 7.88. The molecule has 0 N–H and O–H groups in total. The molecule has 1 rings (SSSR count). The maximum Gasteiger partial charge on any atom is 0.212 e. The predicted molar refractivity (Wildman–Crippen MR) is 90.5 cm³/mol. The fourth-order valence-corrected chi connectivity index (χ4v) is 1.91. The van der Waals surface area contributed by atoms with Crippen LogP contribution in [0.1, 0.15) is 59.4 Å². The van der Waals surface area contributed by atoms with Gasteiger partial charge in [-0.05, 0) is 24.1 Å². The van der Waals surface area contributed by atoms with Gasteiger partial charge in [0.2, 0.25) is 5.79 Å². The van der Waals surface area contributed by atoms with Gasteiger partial charge in [0, 0.05) is 12.3 Å². The van der Waals surface area contributed by atoms with E-state index >= 15 is 0 Å². The lowest BCUT2D eigenvalue weighted by molar-refractivity contribution is -0.230. The van der Waals surface area contributed by atoms with Crippen LogP contribution in [0.2, 0.25) is 0 Å². The summed E-state index contributed by atoms with van der Waals surface area (Å²) in [7, 11) is 0. The van der Waals surface area contributed by atoms with Gasteiger partial charge >= 0.3 is 0 Å². The van der Waals surface area contributed by atoms with E-state index in [4.69, 9.17) is 9.47 Å². The van der Waals surface area contributed by atoms with Gasteiger partial charge < -0.3 is 9.47 Å². The summed E-state index contributed by atoms with van der Waals surface area (Å²) in [6, 6.07) is 7.94. The van der Waals surface area contributed by atoms with Crippen LogP contribution in [0.4, 0.5) is 0 Å². The van der Waals surface area contributed by atoms with Gasteiger partial charge in [-0.15, -0.1) is 0 Å². The minimum atomic E-state index is -0.642. The van der Waals surface area contributed by atoms with Crippen molar-refractivity contribution < 1.29 is 9.47 Å². The van der Waals surface area contributed by atoms with E-state index in [9.17, 15) is 0 Å². The predicted octanol–water partition coefficient (Wildman–Crippen LogP) is 5.68. The fraction of sp³-hybridized carbons (Fsp3) is 0.579. The average Bonchev–Trinajstić information content (AvgIpc) is 2.43. The lowest BCUT2D eigenvalue weighted by Crippen LogP contribution is -2.48. The van der Waals surface area contributed by atoms with Crippen molar-refractivity contribution in [2.75, 3.05) is 6.61 Å². The zero-order valence-electron chi connectivity index (χ0n) is 14.2. The maximum atomic E-state index is 6.19. The van der Waals surface area contributed by atoms with E-state index in [-0.39, 0.29) is 5.41 Å². The number of hydrogen-bond acceptors (Lipinski definition) is 2. The van der Waals surface area contributed by atoms with Crippen LogP contribution in [0.3, 0.4) is 0 Å². The van der Waals surface area contributed by atoms with Crippen molar-refractivity contribution in [1.29, 1.82) is 0 Å². The summed E-state index contributed by atoms with van der Waals surface area (Å²) in [6.45, 7) is 15.1. The molecule has 21 heavy (non-hydrogen) atoms. The van der Waals surface area contributed by atoms with E-state index in [1.165, 1.54) is 12.8 Å². The van der Waals surface area contributed by atoms with Gasteiger partial charge in [-0.2, -0.15) is 0 Å². The van der Waals surface area contributed by atoms with Crippen molar-refractivity contribution in [1.82, 2.24) is 0 Å². The van der Waals surface area contributed by atoms with Crippen LogP contribution in [0, 0.1) is 5.41 Å². The molecule has 1 atom stereocenters. The highest BCUT2D eigenvalue weighted by atomic mass is 16.7. The molecule has 0 saturated carbocycles. The normalized spacial score (nSPS) is 14.5. The van der Waals surface area contributed by atoms with Crippen LogP contribution in [0.25, 0.3) is 6.08 Å². The molecule has 1 unspecified atom stereocenters. The van der Waals surface area contributed by atoms with E-state index in [1.807, 2.05) is 37.3 Å². The summed E-state index contributed by atoms with van der Waals surface area (Å²) in [5, 5.41) is 0. The number of ether oxygens (including phenoxy) is 2. The minimum absolute atomic E-state index is 0.115. The first-order chi connectivity index (χ1) is 9.82. The van der Waals surface area contributed by atoms with Crippen molar-refractivity contribution >= 4 is 6.08 Å². The van der Waals surface area contributed by atoms with Crippen LogP contribution in [-0.4, -0.2) is 12.4 Å². The Hall–Kier alpha value is -1.28. The largest absolute Gasteiger partial charge is 0.462 e. The molecule has 0 amide bonds. The van der Waals surface area contributed by atoms with Crippen molar-refractivity contribution in [3.63, 3.8) is 0 Å². The number of rotatable bonds is 8. The molecule has 0 bridgehead atoms. The first-order valence-corrected chi connectivity index (χ1v) is 7.88. The van der Waals surface area contributed by atoms with Gasteiger partial charge in [-0.3, -0.25) is 0 Å². The SMILES string of the molecule is C=Cc1ccc(OC(C)(OCCCCC)C(C)(C)C)cc1. The third-order valence-electron chi connectivity index (χ3n) is 3.92. The summed E-state index contributed by atoms with van der Waals surface area (Å²) in [6.07, 6.45) is 5.28. The number of hydrogen-bond donors (Lipinski definition) is 0. The Bertz CT molecular complexity index is 428. The summed E-state index contributed by atoms with van der Waals surface area (Å²) < 4.78 is 12.3. The Morgan fingerprint density at radius 1 is 1.05 bits per heavy atom. The van der Waals surface area contributed by atoms with E-state index < -0.39 is 5.79 Å². The molecule has 2 nitrogen and oxygen atoms in total. The molecule has 0 aliphatic heterocycles. The summed E-state index contributed by atoms with van der Waals surface area (Å²) in [5.41, 5.74) is 0.972. The second-order valence-corrected chi connectivity index (χ2v) is 6.63. The quantitative estimate of drug-likeness (QED) is 0.453. The third-order valence-corrected chi connectivity index (χ3v) is 3.92. The molecule has 0 saturated heterocycles. The molecule has 0 radical (unpaired) electrons. The molecule has 0 aromatic heterocycles. The number of unbranched alkanes of at least 4 members (excludes halogenated alkanes) is 2. The molecular formula is C19H30O2. The zero-order valence-corrected chi connectivity index (χ0v) is 14.2. The average molecular weight is 290 g/mol. The topological polar surface area (TPSA) is 18.5 Å². The van der Waals surface area contributed by atoms with Gasteiger partial charge in [0.25, 0.3) is 0 Å². The highest BCUT2D eigenvalue weighted by Gasteiger charge is 2.41. The van der Waals surface area contributed by atoms with Gasteiger partial charge in [-0.25, -0.2) is 0 Å². The van der Waals surface area contributed by atoms with Crippen molar-refractivity contribution in [3.05, 3.63) is 36.4 Å². The second-order valence-electron chi connectivity index (χ2n) is 6.63. The summed E-state index contributed by atoms with van der Waals surface area (Å²) in [4.78, 5) is 0. The molecule has 0 fully saturated rings. The van der Waals surface area contributed by atoms with Crippen LogP contribution in [0.5, 0.6) is 5.75 Å². The van der Waals surface area contributed by atoms with Crippen LogP contribution >= 0.6 is 0 Å². The summed E-state index contributed by atoms with van der Waals surface area (Å²) in [5.74, 6) is 0.185. The smallest absolute Gasteiger partial charge is 0.212 e. The Kier molecular flexibility index (Phi) is 6.47. The third kappa shape index (κ3) is 5.20. The Labute approximate surface area is 130 Å². The first kappa shape index (κ1) is 17.8. The van der Waals surface area contributed by atoms with E-state index in [2.05, 4.69) is 34.3 Å². The Morgan fingerprint density at radius 3 is 2.14 bits per heavy atom. The van der Waals surface area contributed by atoms with Gasteiger partial charge in [0.05, 0.1) is 6.61 Å². The maximum absolute atomic E-state index is 6.19. The second kappa shape index (κ2) is 7.65. The molecule has 0 aliphatic carbocycles. The number of benzene rings is 1. The molecule has 0 heterocycles. The van der Waals surface area contributed by atoms with E-state index in [0.29, 0.717) is 0 Å². The zero-order chi connectivity index (χ0) is 15.9. The lowest BCUT2D eigenvalue weighted by Gasteiger charge is -2.41. The molecule has 118 valence electrons. The fourth-order valence-electron chi connectivity index (χ4n) is 1.91. The van der Waals surface area contributed by atoms with Crippen LogP contribution < -0.4 is 4.74 Å². The van der Waals surface area contributed by atoms with Crippen LogP contribution in [0.15, 0.2) is 30.8 Å². The standard InChI is InChI=1S/C19H30O2/c1-7-9-10-15-20-19(6,18(3,4)5)21-17-13-11-16(8-2)12-14-17/h8,11-14H,2,7,9-10,15H2,1,3-6H3. The van der Waals surface area contributed by atoms with Crippen molar-refractivity contribution in [3.8, 4) is 5.75 Å². The van der Waals surface area contributed by atoms with Gasteiger partial charge in [0.1, 0.15) is 5.75 Å². The Balaban J connectivity index is 2.78. The summed E-state index contributed by atoms with van der Waals surface area (Å²) >= 11 is 0. The monoisotopic (exact) mass is 290 g/mol. The van der Waals surface area contributed by atoms with Crippen molar-refractivity contribution in [2.45, 2.75) is 59.7 Å². The molecular weight excluding hydrogens is 260 g/mol. The minimum Gasteiger partial charge on any atom is -0.462 e. The van der Waals surface area contributed by atoms with Gasteiger partial charge in [0.15, 0.2) is 0 Å². The highest BCUT2D eigenvalue weighted by Crippen LogP contribution is 2.36. The molecule has 1 aromatic carbocycles. The van der Waals surface area contributed by atoms with Crippen LogP contribution in [-0.2, 0) is 4.74 Å². The van der Waals surface area contributed by atoms with Gasteiger partial charge in [-0.1, -0.05) is 65.3 Å². The lowest BCUT2D eigenvalue weighted by atomic mass is 9.86.